The van der Waals surface area contributed by atoms with Gasteiger partial charge in [-0.3, -0.25) is 9.69 Å². The number of thiazole rings is 1. The van der Waals surface area contributed by atoms with Gasteiger partial charge >= 0.3 is 5.97 Å². The largest absolute Gasteiger partial charge is 0.445 e. The third-order valence-corrected chi connectivity index (χ3v) is 6.76. The van der Waals surface area contributed by atoms with Crippen LogP contribution in [0.3, 0.4) is 0 Å². The average molecular weight is 423 g/mol. The molecule has 30 heavy (non-hydrogen) atoms. The van der Waals surface area contributed by atoms with Crippen molar-refractivity contribution in [2.75, 3.05) is 18.1 Å². The number of anilines is 1. The molecule has 1 saturated heterocycles. The van der Waals surface area contributed by atoms with Crippen molar-refractivity contribution in [1.29, 1.82) is 0 Å². The smallest absolute Gasteiger partial charge is 0.339 e. The van der Waals surface area contributed by atoms with Crippen LogP contribution in [0.4, 0.5) is 5.13 Å². The van der Waals surface area contributed by atoms with E-state index in [9.17, 15) is 9.59 Å². The normalized spacial score (nSPS) is 23.2. The third kappa shape index (κ3) is 3.38. The molecule has 0 N–H and O–H groups in total. The number of cyclic esters (lactones) is 1. The summed E-state index contributed by atoms with van der Waals surface area (Å²) in [4.78, 5) is 32.8. The van der Waals surface area contributed by atoms with Crippen LogP contribution in [0.25, 0.3) is 10.2 Å². The van der Waals surface area contributed by atoms with E-state index < -0.39 is 11.6 Å². The SMILES string of the molecule is CC1(C(=O)N(CC2CCCO2)c2nc3ccccc3s2)Cc2ccccc2C(=O)O1. The van der Waals surface area contributed by atoms with Gasteiger partial charge in [0, 0.05) is 13.0 Å². The molecule has 0 aliphatic carbocycles. The van der Waals surface area contributed by atoms with Gasteiger partial charge < -0.3 is 9.47 Å². The topological polar surface area (TPSA) is 68.7 Å². The molecule has 2 aromatic carbocycles. The van der Waals surface area contributed by atoms with Crippen molar-refractivity contribution in [3.63, 3.8) is 0 Å². The Kier molecular flexibility index (Phi) is 4.79. The van der Waals surface area contributed by atoms with Crippen LogP contribution < -0.4 is 4.90 Å². The van der Waals surface area contributed by atoms with Gasteiger partial charge in [-0.25, -0.2) is 9.78 Å². The first kappa shape index (κ1) is 19.2. The molecular weight excluding hydrogens is 400 g/mol. The summed E-state index contributed by atoms with van der Waals surface area (Å²) in [5.41, 5.74) is 0.903. The second-order valence-electron chi connectivity index (χ2n) is 7.97. The Labute approximate surface area is 178 Å². The molecule has 2 unspecified atom stereocenters. The van der Waals surface area contributed by atoms with Crippen LogP contribution in [0.5, 0.6) is 0 Å². The van der Waals surface area contributed by atoms with Crippen molar-refractivity contribution in [3.8, 4) is 0 Å². The fourth-order valence-electron chi connectivity index (χ4n) is 4.15. The molecule has 3 aromatic rings. The Bertz CT molecular complexity index is 1090. The van der Waals surface area contributed by atoms with E-state index in [4.69, 9.17) is 14.5 Å². The number of aromatic nitrogens is 1. The van der Waals surface area contributed by atoms with E-state index in [1.807, 2.05) is 36.4 Å². The summed E-state index contributed by atoms with van der Waals surface area (Å²) < 4.78 is 12.5. The van der Waals surface area contributed by atoms with Crippen LogP contribution in [0.2, 0.25) is 0 Å². The zero-order valence-electron chi connectivity index (χ0n) is 16.7. The first-order valence-electron chi connectivity index (χ1n) is 10.1. The monoisotopic (exact) mass is 422 g/mol. The van der Waals surface area contributed by atoms with E-state index in [-0.39, 0.29) is 12.0 Å². The summed E-state index contributed by atoms with van der Waals surface area (Å²) >= 11 is 1.46. The molecule has 1 amide bonds. The van der Waals surface area contributed by atoms with Crippen molar-refractivity contribution in [1.82, 2.24) is 4.98 Å². The molecule has 2 atom stereocenters. The van der Waals surface area contributed by atoms with Crippen molar-refractivity contribution in [3.05, 3.63) is 59.7 Å². The maximum Gasteiger partial charge on any atom is 0.339 e. The molecule has 0 radical (unpaired) electrons. The second kappa shape index (κ2) is 7.49. The second-order valence-corrected chi connectivity index (χ2v) is 8.98. The highest BCUT2D eigenvalue weighted by Crippen LogP contribution is 2.35. The number of nitrogens with zero attached hydrogens (tertiary/aromatic N) is 2. The molecule has 0 saturated carbocycles. The third-order valence-electron chi connectivity index (χ3n) is 5.70. The first-order valence-corrected chi connectivity index (χ1v) is 11.0. The van der Waals surface area contributed by atoms with E-state index >= 15 is 0 Å². The summed E-state index contributed by atoms with van der Waals surface area (Å²) in [7, 11) is 0. The summed E-state index contributed by atoms with van der Waals surface area (Å²) in [5.74, 6) is -0.728. The standard InChI is InChI=1S/C23H22N2O4S/c1-23(13-15-7-2-3-9-17(15)20(26)29-23)21(27)25(14-16-8-6-12-28-16)22-24-18-10-4-5-11-19(18)30-22/h2-5,7,9-11,16H,6,8,12-14H2,1H3. The predicted molar refractivity (Wildman–Crippen MR) is 115 cm³/mol. The number of carbonyl (C=O) groups excluding carboxylic acids is 2. The van der Waals surface area contributed by atoms with Gasteiger partial charge in [0.25, 0.3) is 5.91 Å². The van der Waals surface area contributed by atoms with E-state index in [1.54, 1.807) is 24.0 Å². The van der Waals surface area contributed by atoms with Gasteiger partial charge in [0.2, 0.25) is 0 Å². The van der Waals surface area contributed by atoms with Gasteiger partial charge in [0.1, 0.15) is 0 Å². The van der Waals surface area contributed by atoms with Crippen LogP contribution in [0.15, 0.2) is 48.5 Å². The highest BCUT2D eigenvalue weighted by molar-refractivity contribution is 7.22. The number of benzene rings is 2. The van der Waals surface area contributed by atoms with Crippen LogP contribution in [-0.4, -0.2) is 41.7 Å². The molecule has 1 aromatic heterocycles. The number of esters is 1. The number of para-hydroxylation sites is 1. The van der Waals surface area contributed by atoms with Crippen molar-refractivity contribution in [2.45, 2.75) is 37.9 Å². The zero-order valence-corrected chi connectivity index (χ0v) is 17.5. The van der Waals surface area contributed by atoms with Gasteiger partial charge in [-0.05, 0) is 43.5 Å². The van der Waals surface area contributed by atoms with E-state index in [0.717, 1.165) is 28.6 Å². The number of carbonyl (C=O) groups is 2. The van der Waals surface area contributed by atoms with Crippen LogP contribution in [0, 0.1) is 0 Å². The van der Waals surface area contributed by atoms with Crippen molar-refractivity contribution >= 4 is 38.6 Å². The Morgan fingerprint density at radius 1 is 1.23 bits per heavy atom. The van der Waals surface area contributed by atoms with Crippen LogP contribution in [-0.2, 0) is 20.7 Å². The lowest BCUT2D eigenvalue weighted by Crippen LogP contribution is -2.54. The van der Waals surface area contributed by atoms with Gasteiger partial charge in [-0.2, -0.15) is 0 Å². The molecule has 6 nitrogen and oxygen atoms in total. The molecule has 3 heterocycles. The van der Waals surface area contributed by atoms with Crippen LogP contribution >= 0.6 is 11.3 Å². The minimum absolute atomic E-state index is 0.0452. The molecule has 1 fully saturated rings. The molecule has 7 heteroatoms. The number of hydrogen-bond donors (Lipinski definition) is 0. The fraction of sp³-hybridized carbons (Fsp3) is 0.348. The number of ether oxygens (including phenoxy) is 2. The Morgan fingerprint density at radius 2 is 2.03 bits per heavy atom. The zero-order chi connectivity index (χ0) is 20.7. The predicted octanol–water partition coefficient (Wildman–Crippen LogP) is 3.98. The minimum Gasteiger partial charge on any atom is -0.445 e. The molecule has 0 bridgehead atoms. The number of fused-ring (bicyclic) bond motifs is 2. The first-order chi connectivity index (χ1) is 14.5. The minimum atomic E-state index is -1.29. The van der Waals surface area contributed by atoms with E-state index in [2.05, 4.69) is 0 Å². The van der Waals surface area contributed by atoms with E-state index in [1.165, 1.54) is 11.3 Å². The lowest BCUT2D eigenvalue weighted by molar-refractivity contribution is -0.137. The number of rotatable bonds is 4. The Morgan fingerprint density at radius 3 is 2.83 bits per heavy atom. The van der Waals surface area contributed by atoms with Gasteiger partial charge in [-0.15, -0.1) is 0 Å². The van der Waals surface area contributed by atoms with Crippen LogP contribution in [0.1, 0.15) is 35.7 Å². The van der Waals surface area contributed by atoms with Gasteiger partial charge in [0.05, 0.1) is 28.4 Å². The molecule has 0 spiro atoms. The molecular formula is C23H22N2O4S. The fourth-order valence-corrected chi connectivity index (χ4v) is 5.13. The maximum absolute atomic E-state index is 13.8. The maximum atomic E-state index is 13.8. The van der Waals surface area contributed by atoms with Crippen molar-refractivity contribution in [2.24, 2.45) is 0 Å². The Balaban J connectivity index is 1.51. The average Bonchev–Trinajstić information content (AvgIpc) is 3.41. The summed E-state index contributed by atoms with van der Waals surface area (Å²) in [6, 6.07) is 15.1. The quantitative estimate of drug-likeness (QED) is 0.595. The summed E-state index contributed by atoms with van der Waals surface area (Å²) in [6.45, 7) is 2.79. The summed E-state index contributed by atoms with van der Waals surface area (Å²) in [5, 5.41) is 0.604. The number of hydrogen-bond acceptors (Lipinski definition) is 6. The molecule has 2 aliphatic rings. The van der Waals surface area contributed by atoms with Gasteiger partial charge in [-0.1, -0.05) is 41.7 Å². The number of amides is 1. The highest BCUT2D eigenvalue weighted by Gasteiger charge is 2.46. The van der Waals surface area contributed by atoms with Gasteiger partial charge in [0.15, 0.2) is 10.7 Å². The van der Waals surface area contributed by atoms with Crippen molar-refractivity contribution < 1.29 is 19.1 Å². The lowest BCUT2D eigenvalue weighted by atomic mass is 9.89. The molecule has 5 rings (SSSR count). The lowest BCUT2D eigenvalue weighted by Gasteiger charge is -2.37. The molecule has 154 valence electrons. The Hall–Kier alpha value is -2.77. The molecule has 2 aliphatic heterocycles. The highest BCUT2D eigenvalue weighted by atomic mass is 32.1. The van der Waals surface area contributed by atoms with E-state index in [0.29, 0.717) is 30.3 Å². The summed E-state index contributed by atoms with van der Waals surface area (Å²) in [6.07, 6.45) is 2.16.